The Labute approximate surface area is 136 Å². The second-order valence-electron chi connectivity index (χ2n) is 5.52. The molecule has 5 rings (SSSR count). The van der Waals surface area contributed by atoms with E-state index in [4.69, 9.17) is 0 Å². The number of hydrogen-bond donors (Lipinski definition) is 2. The molecule has 0 bridgehead atoms. The zero-order chi connectivity index (χ0) is 15.9. The molecule has 24 heavy (non-hydrogen) atoms. The van der Waals surface area contributed by atoms with E-state index in [2.05, 4.69) is 29.9 Å². The van der Waals surface area contributed by atoms with Crippen molar-refractivity contribution in [1.29, 1.82) is 0 Å². The van der Waals surface area contributed by atoms with Crippen molar-refractivity contribution in [2.24, 2.45) is 0 Å². The summed E-state index contributed by atoms with van der Waals surface area (Å²) in [6.07, 6.45) is 5.25. The molecule has 0 aliphatic heterocycles. The Morgan fingerprint density at radius 1 is 0.708 bits per heavy atom. The fourth-order valence-corrected chi connectivity index (χ4v) is 2.76. The second-order valence-corrected chi connectivity index (χ2v) is 5.52. The van der Waals surface area contributed by atoms with Crippen LogP contribution in [0.1, 0.15) is 0 Å². The van der Waals surface area contributed by atoms with Crippen LogP contribution in [0.4, 0.5) is 0 Å². The summed E-state index contributed by atoms with van der Waals surface area (Å²) in [7, 11) is 0. The minimum atomic E-state index is 0.723. The number of H-pyrrole nitrogens is 2. The van der Waals surface area contributed by atoms with Gasteiger partial charge in [-0.05, 0) is 18.2 Å². The van der Waals surface area contributed by atoms with Crippen LogP contribution >= 0.6 is 0 Å². The second kappa shape index (κ2) is 4.99. The number of nitrogens with zero attached hydrogens (tertiary/aromatic N) is 4. The Hall–Kier alpha value is -3.54. The Morgan fingerprint density at radius 3 is 2.21 bits per heavy atom. The number of fused-ring (bicyclic) bond motifs is 2. The van der Waals surface area contributed by atoms with Gasteiger partial charge in [-0.1, -0.05) is 24.3 Å². The molecule has 0 saturated carbocycles. The van der Waals surface area contributed by atoms with Crippen LogP contribution in [-0.2, 0) is 0 Å². The van der Waals surface area contributed by atoms with Crippen LogP contribution < -0.4 is 0 Å². The van der Waals surface area contributed by atoms with Gasteiger partial charge in [0, 0.05) is 23.5 Å². The summed E-state index contributed by atoms with van der Waals surface area (Å²) >= 11 is 0. The van der Waals surface area contributed by atoms with Gasteiger partial charge in [0.25, 0.3) is 0 Å². The van der Waals surface area contributed by atoms with Gasteiger partial charge in [-0.2, -0.15) is 0 Å². The monoisotopic (exact) mass is 312 g/mol. The lowest BCUT2D eigenvalue weighted by Gasteiger charge is -1.99. The highest BCUT2D eigenvalue weighted by Crippen LogP contribution is 2.24. The average molecular weight is 312 g/mol. The largest absolute Gasteiger partial charge is 0.338 e. The van der Waals surface area contributed by atoms with Gasteiger partial charge in [-0.15, -0.1) is 0 Å². The number of rotatable bonds is 2. The maximum absolute atomic E-state index is 4.57. The highest BCUT2D eigenvalue weighted by atomic mass is 15.0. The molecule has 0 fully saturated rings. The number of benzene rings is 1. The summed E-state index contributed by atoms with van der Waals surface area (Å²) < 4.78 is 0. The lowest BCUT2D eigenvalue weighted by Crippen LogP contribution is -1.83. The standard InChI is InChI=1S/C18H12N6/c1-2-14-18(20-8-1)24-17(22-14)12-5-3-11(4-6-12)16-21-13-7-9-19-10-15(13)23-16/h1-10H,(H,21,23)(H,20,22,24). The van der Waals surface area contributed by atoms with Crippen molar-refractivity contribution in [2.45, 2.75) is 0 Å². The summed E-state index contributed by atoms with van der Waals surface area (Å²) in [5.41, 5.74) is 5.52. The summed E-state index contributed by atoms with van der Waals surface area (Å²) in [5, 5.41) is 0. The highest BCUT2D eigenvalue weighted by molar-refractivity contribution is 5.79. The van der Waals surface area contributed by atoms with E-state index in [-0.39, 0.29) is 0 Å². The lowest BCUT2D eigenvalue weighted by molar-refractivity contribution is 1.29. The molecule has 6 nitrogen and oxygen atoms in total. The minimum Gasteiger partial charge on any atom is -0.338 e. The quantitative estimate of drug-likeness (QED) is 0.522. The number of hydrogen-bond acceptors (Lipinski definition) is 4. The zero-order valence-corrected chi connectivity index (χ0v) is 12.6. The number of aromatic amines is 2. The number of imidazole rings is 2. The normalized spacial score (nSPS) is 11.3. The van der Waals surface area contributed by atoms with Gasteiger partial charge in [0.2, 0.25) is 0 Å². The number of aromatic nitrogens is 6. The van der Waals surface area contributed by atoms with Crippen LogP contribution in [0, 0.1) is 0 Å². The Morgan fingerprint density at radius 2 is 1.46 bits per heavy atom. The van der Waals surface area contributed by atoms with E-state index in [1.54, 1.807) is 18.6 Å². The summed E-state index contributed by atoms with van der Waals surface area (Å²) in [4.78, 5) is 24.0. The van der Waals surface area contributed by atoms with Gasteiger partial charge in [0.05, 0.1) is 17.2 Å². The Kier molecular flexibility index (Phi) is 2.69. The summed E-state index contributed by atoms with van der Waals surface area (Å²) in [5.74, 6) is 1.64. The predicted octanol–water partition coefficient (Wildman–Crippen LogP) is 3.56. The fourth-order valence-electron chi connectivity index (χ4n) is 2.76. The van der Waals surface area contributed by atoms with Crippen LogP contribution in [0.25, 0.3) is 45.0 Å². The molecule has 4 aromatic heterocycles. The molecule has 0 saturated heterocycles. The van der Waals surface area contributed by atoms with E-state index >= 15 is 0 Å². The third kappa shape index (κ3) is 2.04. The smallest absolute Gasteiger partial charge is 0.178 e. The Balaban J connectivity index is 1.54. The first-order chi connectivity index (χ1) is 11.9. The summed E-state index contributed by atoms with van der Waals surface area (Å²) in [6.45, 7) is 0. The molecular formula is C18H12N6. The van der Waals surface area contributed by atoms with Gasteiger partial charge >= 0.3 is 0 Å². The molecule has 0 aliphatic rings. The van der Waals surface area contributed by atoms with Gasteiger partial charge < -0.3 is 9.97 Å². The molecule has 0 aliphatic carbocycles. The molecule has 0 unspecified atom stereocenters. The first-order valence-electron chi connectivity index (χ1n) is 7.58. The minimum absolute atomic E-state index is 0.723. The van der Waals surface area contributed by atoms with Crippen LogP contribution in [0.3, 0.4) is 0 Å². The highest BCUT2D eigenvalue weighted by Gasteiger charge is 2.08. The van der Waals surface area contributed by atoms with Gasteiger partial charge in [-0.25, -0.2) is 15.0 Å². The van der Waals surface area contributed by atoms with Crippen LogP contribution in [0.5, 0.6) is 0 Å². The molecule has 5 aromatic rings. The maximum Gasteiger partial charge on any atom is 0.178 e. The molecule has 114 valence electrons. The van der Waals surface area contributed by atoms with Crippen molar-refractivity contribution >= 4 is 22.2 Å². The SMILES string of the molecule is c1cnc2nc(-c3ccc(-c4nc5cnccc5[nH]4)cc3)[nH]c2c1. The van der Waals surface area contributed by atoms with Gasteiger partial charge in [0.15, 0.2) is 5.65 Å². The van der Waals surface area contributed by atoms with E-state index in [1.807, 2.05) is 42.5 Å². The maximum atomic E-state index is 4.57. The molecule has 0 atom stereocenters. The van der Waals surface area contributed by atoms with E-state index in [0.29, 0.717) is 0 Å². The van der Waals surface area contributed by atoms with Crippen LogP contribution in [0.2, 0.25) is 0 Å². The molecule has 4 heterocycles. The fraction of sp³-hybridized carbons (Fsp3) is 0. The van der Waals surface area contributed by atoms with Gasteiger partial charge in [-0.3, -0.25) is 4.98 Å². The molecule has 0 amide bonds. The molecule has 0 spiro atoms. The van der Waals surface area contributed by atoms with Crippen molar-refractivity contribution in [3.63, 3.8) is 0 Å². The molecule has 6 heteroatoms. The van der Waals surface area contributed by atoms with E-state index < -0.39 is 0 Å². The van der Waals surface area contributed by atoms with E-state index in [1.165, 1.54) is 0 Å². The van der Waals surface area contributed by atoms with Crippen molar-refractivity contribution < 1.29 is 0 Å². The average Bonchev–Trinajstić information content (AvgIpc) is 3.25. The van der Waals surface area contributed by atoms with Gasteiger partial charge in [0.1, 0.15) is 17.2 Å². The molecular weight excluding hydrogens is 300 g/mol. The zero-order valence-electron chi connectivity index (χ0n) is 12.6. The lowest BCUT2D eigenvalue weighted by atomic mass is 10.1. The number of pyridine rings is 2. The topological polar surface area (TPSA) is 83.1 Å². The molecule has 2 N–H and O–H groups in total. The van der Waals surface area contributed by atoms with E-state index in [9.17, 15) is 0 Å². The molecule has 1 aromatic carbocycles. The van der Waals surface area contributed by atoms with E-state index in [0.717, 1.165) is 45.0 Å². The van der Waals surface area contributed by atoms with Crippen LogP contribution in [0.15, 0.2) is 61.1 Å². The van der Waals surface area contributed by atoms with Crippen molar-refractivity contribution in [3.8, 4) is 22.8 Å². The van der Waals surface area contributed by atoms with Crippen molar-refractivity contribution in [3.05, 3.63) is 61.1 Å². The third-order valence-corrected chi connectivity index (χ3v) is 3.97. The van der Waals surface area contributed by atoms with Crippen molar-refractivity contribution in [1.82, 2.24) is 29.9 Å². The van der Waals surface area contributed by atoms with Crippen LogP contribution in [-0.4, -0.2) is 29.9 Å². The van der Waals surface area contributed by atoms with Crippen molar-refractivity contribution in [2.75, 3.05) is 0 Å². The summed E-state index contributed by atoms with van der Waals surface area (Å²) in [6, 6.07) is 13.9. The first-order valence-corrected chi connectivity index (χ1v) is 7.58. The predicted molar refractivity (Wildman–Crippen MR) is 92.2 cm³/mol. The third-order valence-electron chi connectivity index (χ3n) is 3.97. The first kappa shape index (κ1) is 13.0. The Bertz CT molecular complexity index is 994. The number of nitrogens with one attached hydrogen (secondary N) is 2. The molecule has 0 radical (unpaired) electrons.